The average molecular weight is 596 g/mol. The number of nitrogens with zero attached hydrogens (tertiary/aromatic N) is 1. The number of hydrogen-bond donors (Lipinski definition) is 0. The Morgan fingerprint density at radius 1 is 0.805 bits per heavy atom. The van der Waals surface area contributed by atoms with E-state index in [2.05, 4.69) is 0 Å². The number of rotatable bonds is 7. The van der Waals surface area contributed by atoms with Gasteiger partial charge in [-0.3, -0.25) is 0 Å². The van der Waals surface area contributed by atoms with Crippen LogP contribution in [0.2, 0.25) is 0 Å². The van der Waals surface area contributed by atoms with E-state index in [1.54, 1.807) is 58.9 Å². The van der Waals surface area contributed by atoms with Crippen molar-refractivity contribution >= 4 is 48.7 Å². The summed E-state index contributed by atoms with van der Waals surface area (Å²) in [5.41, 5.74) is -0.0200. The number of carbonyl (C=O) groups excluding carboxylic acids is 1. The van der Waals surface area contributed by atoms with Crippen LogP contribution in [0, 0.1) is 13.8 Å². The fourth-order valence-corrected chi connectivity index (χ4v) is 7.54. The topological polar surface area (TPSA) is 128 Å². The fraction of sp³-hybridized carbons (Fsp3) is 0.200. The minimum absolute atomic E-state index is 0.0187. The predicted molar refractivity (Wildman–Crippen MR) is 157 cm³/mol. The Hall–Kier alpha value is -4.22. The lowest BCUT2D eigenvalue weighted by molar-refractivity contribution is -0.148. The highest BCUT2D eigenvalue weighted by Crippen LogP contribution is 2.33. The number of anilines is 1. The molecule has 3 aromatic carbocycles. The van der Waals surface area contributed by atoms with Gasteiger partial charge in [0, 0.05) is 11.5 Å². The molecule has 0 N–H and O–H groups in total. The van der Waals surface area contributed by atoms with E-state index in [-0.39, 0.29) is 32.0 Å². The van der Waals surface area contributed by atoms with Crippen LogP contribution in [0.5, 0.6) is 0 Å². The number of hydrogen-bond acceptors (Lipinski definition) is 8. The van der Waals surface area contributed by atoms with Gasteiger partial charge in [0.25, 0.3) is 20.0 Å². The van der Waals surface area contributed by atoms with Gasteiger partial charge in [0.2, 0.25) is 0 Å². The lowest BCUT2D eigenvalue weighted by Crippen LogP contribution is -2.37. The molecular formula is C30H29NO8S2. The number of fused-ring (bicyclic) bond motifs is 1. The van der Waals surface area contributed by atoms with E-state index in [0.717, 1.165) is 17.2 Å². The summed E-state index contributed by atoms with van der Waals surface area (Å²) in [6.45, 7) is 8.66. The molecule has 4 aromatic rings. The standard InChI is InChI=1S/C30H29NO8S2/c1-20-6-12-25(13-7-20)40(34,35)31(41(36,37)26-14-8-21(2)9-15-26)24-11-16-27-23(19-24)18-22(29(33)38-27)10-17-28(32)39-30(3,4)5/h6-19H,1-5H3/b17-10+. The Bertz CT molecular complexity index is 1840. The summed E-state index contributed by atoms with van der Waals surface area (Å²) in [6, 6.07) is 16.9. The third-order valence-corrected chi connectivity index (χ3v) is 10.0. The van der Waals surface area contributed by atoms with E-state index in [4.69, 9.17) is 9.15 Å². The normalized spacial score (nSPS) is 12.5. The van der Waals surface area contributed by atoms with Crippen LogP contribution in [0.1, 0.15) is 37.5 Å². The van der Waals surface area contributed by atoms with Crippen molar-refractivity contribution in [2.45, 2.75) is 50.0 Å². The number of sulfonamides is 2. The van der Waals surface area contributed by atoms with Crippen LogP contribution in [-0.2, 0) is 29.6 Å². The first-order valence-electron chi connectivity index (χ1n) is 12.5. The highest BCUT2D eigenvalue weighted by atomic mass is 32.3. The van der Waals surface area contributed by atoms with E-state index >= 15 is 0 Å². The van der Waals surface area contributed by atoms with E-state index in [1.807, 2.05) is 0 Å². The van der Waals surface area contributed by atoms with Crippen molar-refractivity contribution in [1.29, 1.82) is 0 Å². The molecule has 0 atom stereocenters. The van der Waals surface area contributed by atoms with Crippen LogP contribution in [0.3, 0.4) is 0 Å². The molecule has 1 heterocycles. The predicted octanol–water partition coefficient (Wildman–Crippen LogP) is 5.35. The molecule has 0 spiro atoms. The first kappa shape index (κ1) is 29.8. The van der Waals surface area contributed by atoms with Crippen LogP contribution >= 0.6 is 0 Å². The summed E-state index contributed by atoms with van der Waals surface area (Å²) in [6.07, 6.45) is 2.29. The van der Waals surface area contributed by atoms with Crippen molar-refractivity contribution in [1.82, 2.24) is 0 Å². The fourth-order valence-electron chi connectivity index (χ4n) is 3.87. The molecule has 0 saturated heterocycles. The average Bonchev–Trinajstić information content (AvgIpc) is 2.87. The summed E-state index contributed by atoms with van der Waals surface area (Å²) in [5, 5.41) is 0.231. The molecule has 0 aliphatic heterocycles. The summed E-state index contributed by atoms with van der Waals surface area (Å²) in [4.78, 5) is 24.2. The molecule has 0 amide bonds. The summed E-state index contributed by atoms with van der Waals surface area (Å²) < 4.78 is 66.5. The molecule has 0 saturated carbocycles. The van der Waals surface area contributed by atoms with Crippen molar-refractivity contribution in [2.24, 2.45) is 0 Å². The maximum Gasteiger partial charge on any atom is 0.343 e. The van der Waals surface area contributed by atoms with Crippen LogP contribution in [-0.4, -0.2) is 28.4 Å². The quantitative estimate of drug-likeness (QED) is 0.159. The monoisotopic (exact) mass is 595 g/mol. The van der Waals surface area contributed by atoms with Gasteiger partial charge in [-0.1, -0.05) is 35.4 Å². The van der Waals surface area contributed by atoms with Crippen molar-refractivity contribution in [2.75, 3.05) is 3.71 Å². The molecule has 0 aliphatic carbocycles. The molecule has 41 heavy (non-hydrogen) atoms. The summed E-state index contributed by atoms with van der Waals surface area (Å²) in [7, 11) is -9.27. The lowest BCUT2D eigenvalue weighted by atomic mass is 10.1. The number of esters is 1. The van der Waals surface area contributed by atoms with Crippen LogP contribution < -0.4 is 9.34 Å². The lowest BCUT2D eigenvalue weighted by Gasteiger charge is -2.24. The van der Waals surface area contributed by atoms with Gasteiger partial charge in [-0.2, -0.15) is 3.71 Å². The summed E-state index contributed by atoms with van der Waals surface area (Å²) >= 11 is 0. The second kappa shape index (κ2) is 11.0. The van der Waals surface area contributed by atoms with Crippen LogP contribution in [0.25, 0.3) is 17.0 Å². The molecule has 214 valence electrons. The van der Waals surface area contributed by atoms with E-state index in [1.165, 1.54) is 54.6 Å². The summed E-state index contributed by atoms with van der Waals surface area (Å²) in [5.74, 6) is -0.676. The van der Waals surface area contributed by atoms with Gasteiger partial charge < -0.3 is 9.15 Å². The number of carbonyl (C=O) groups is 1. The Morgan fingerprint density at radius 3 is 1.80 bits per heavy atom. The highest BCUT2D eigenvalue weighted by molar-refractivity contribution is 8.10. The van der Waals surface area contributed by atoms with Gasteiger partial charge in [0.1, 0.15) is 11.2 Å². The molecule has 1 aromatic heterocycles. The van der Waals surface area contributed by atoms with E-state index < -0.39 is 37.2 Å². The molecule has 0 bridgehead atoms. The molecular weight excluding hydrogens is 566 g/mol. The van der Waals surface area contributed by atoms with Gasteiger partial charge in [0.05, 0.1) is 21.0 Å². The van der Waals surface area contributed by atoms with E-state index in [9.17, 15) is 26.4 Å². The zero-order chi connectivity index (χ0) is 30.2. The maximum atomic E-state index is 13.9. The van der Waals surface area contributed by atoms with E-state index in [0.29, 0.717) is 3.71 Å². The molecule has 0 unspecified atom stereocenters. The first-order valence-corrected chi connectivity index (χ1v) is 15.4. The largest absolute Gasteiger partial charge is 0.457 e. The number of benzene rings is 3. The Labute approximate surface area is 238 Å². The molecule has 11 heteroatoms. The highest BCUT2D eigenvalue weighted by Gasteiger charge is 2.37. The van der Waals surface area contributed by atoms with Crippen LogP contribution in [0.15, 0.2) is 97.9 Å². The van der Waals surface area contributed by atoms with Crippen molar-refractivity contribution < 1.29 is 30.8 Å². The molecule has 4 rings (SSSR count). The molecule has 9 nitrogen and oxygen atoms in total. The second-order valence-electron chi connectivity index (χ2n) is 10.4. The van der Waals surface area contributed by atoms with Gasteiger partial charge in [0.15, 0.2) is 0 Å². The molecule has 0 fully saturated rings. The third kappa shape index (κ3) is 6.58. The van der Waals surface area contributed by atoms with Crippen LogP contribution in [0.4, 0.5) is 5.69 Å². The third-order valence-electron chi connectivity index (χ3n) is 5.83. The van der Waals surface area contributed by atoms with Gasteiger partial charge in [-0.15, -0.1) is 0 Å². The minimum Gasteiger partial charge on any atom is -0.457 e. The number of aryl methyl sites for hydroxylation is 2. The maximum absolute atomic E-state index is 13.9. The van der Waals surface area contributed by atoms with Gasteiger partial charge >= 0.3 is 11.6 Å². The molecule has 0 aliphatic rings. The van der Waals surface area contributed by atoms with Crippen molar-refractivity contribution in [3.8, 4) is 0 Å². The Morgan fingerprint density at radius 2 is 1.32 bits per heavy atom. The van der Waals surface area contributed by atoms with Crippen molar-refractivity contribution in [3.63, 3.8) is 0 Å². The Kier molecular flexibility index (Phi) is 7.97. The van der Waals surface area contributed by atoms with Gasteiger partial charge in [-0.05, 0) is 89.2 Å². The SMILES string of the molecule is Cc1ccc(S(=O)(=O)N(c2ccc3oc(=O)c(/C=C/C(=O)OC(C)(C)C)cc3c2)S(=O)(=O)c2ccc(C)cc2)cc1. The van der Waals surface area contributed by atoms with Crippen molar-refractivity contribution in [3.05, 3.63) is 106 Å². The Balaban J connectivity index is 1.88. The minimum atomic E-state index is -4.63. The second-order valence-corrected chi connectivity index (χ2v) is 14.2. The molecule has 0 radical (unpaired) electrons. The first-order chi connectivity index (χ1) is 19.1. The zero-order valence-corrected chi connectivity index (χ0v) is 24.7. The van der Waals surface area contributed by atoms with Gasteiger partial charge in [-0.25, -0.2) is 26.4 Å². The zero-order valence-electron chi connectivity index (χ0n) is 23.1. The number of ether oxygens (including phenoxy) is 1. The smallest absolute Gasteiger partial charge is 0.343 e.